The fraction of sp³-hybridized carbons (Fsp3) is 1.00. The van der Waals surface area contributed by atoms with E-state index < -0.39 is 15.9 Å². The number of rotatable bonds is 0. The van der Waals surface area contributed by atoms with Crippen molar-refractivity contribution < 1.29 is 19.3 Å². The Labute approximate surface area is 53.6 Å². The highest BCUT2D eigenvalue weighted by molar-refractivity contribution is 7.91. The third-order valence-corrected chi connectivity index (χ3v) is 3.22. The number of hydrogen-bond acceptors (Lipinski definition) is 3. The van der Waals surface area contributed by atoms with E-state index in [0.29, 0.717) is 0 Å². The van der Waals surface area contributed by atoms with Crippen LogP contribution in [0.4, 0.5) is 0 Å². The zero-order valence-corrected chi connectivity index (χ0v) is 5.76. The van der Waals surface area contributed by atoms with Crippen LogP contribution in [-0.4, -0.2) is 37.2 Å². The zero-order valence-electron chi connectivity index (χ0n) is 4.95. The summed E-state index contributed by atoms with van der Waals surface area (Å²) in [7, 11) is -2.96. The summed E-state index contributed by atoms with van der Waals surface area (Å²) in [4.78, 5) is 0. The number of aliphatic hydroxyl groups excluding tert-OH is 1. The number of hydrogen-bond donors (Lipinski definition) is 2. The zero-order chi connectivity index (χ0) is 7.07. The quantitative estimate of drug-likeness (QED) is 0.399. The molecule has 1 saturated heterocycles. The molecule has 0 unspecified atom stereocenters. The van der Waals surface area contributed by atoms with E-state index in [1.165, 1.54) is 0 Å². The molecule has 4 N–H and O–H groups in total. The maximum absolute atomic E-state index is 10.7. The summed E-state index contributed by atoms with van der Waals surface area (Å²) in [5, 5.41) is 8.89. The monoisotopic (exact) mass is 152 g/mol. The number of quaternary nitrogens is 1. The topological polar surface area (TPSA) is 82.0 Å². The molecule has 5 heteroatoms. The SMILES string of the molecule is [NH3+][C@@H]1CS(=O)(=O)C[C@H]1O. The van der Waals surface area contributed by atoms with E-state index in [1.807, 2.05) is 0 Å². The molecule has 2 atom stereocenters. The van der Waals surface area contributed by atoms with Crippen molar-refractivity contribution in [3.8, 4) is 0 Å². The van der Waals surface area contributed by atoms with Gasteiger partial charge in [-0.1, -0.05) is 0 Å². The van der Waals surface area contributed by atoms with Gasteiger partial charge in [0.25, 0.3) is 0 Å². The highest BCUT2D eigenvalue weighted by Crippen LogP contribution is 2.07. The average Bonchev–Trinajstić information content (AvgIpc) is 1.79. The number of sulfone groups is 1. The van der Waals surface area contributed by atoms with Crippen LogP contribution >= 0.6 is 0 Å². The van der Waals surface area contributed by atoms with E-state index in [9.17, 15) is 8.42 Å². The lowest BCUT2D eigenvalue weighted by Gasteiger charge is -1.98. The Kier molecular flexibility index (Phi) is 1.50. The molecular weight excluding hydrogens is 142 g/mol. The summed E-state index contributed by atoms with van der Waals surface area (Å²) in [5.74, 6) is -0.0741. The van der Waals surface area contributed by atoms with Gasteiger partial charge in [0.05, 0.1) is 5.75 Å². The van der Waals surface area contributed by atoms with Gasteiger partial charge in [0.15, 0.2) is 9.84 Å². The van der Waals surface area contributed by atoms with Gasteiger partial charge in [0.2, 0.25) is 0 Å². The Morgan fingerprint density at radius 3 is 2.11 bits per heavy atom. The second kappa shape index (κ2) is 1.93. The summed E-state index contributed by atoms with van der Waals surface area (Å²) < 4.78 is 21.3. The number of aliphatic hydroxyl groups is 1. The first-order valence-electron chi connectivity index (χ1n) is 2.73. The van der Waals surface area contributed by atoms with Crippen molar-refractivity contribution in [3.63, 3.8) is 0 Å². The molecule has 0 spiro atoms. The van der Waals surface area contributed by atoms with Crippen LogP contribution in [-0.2, 0) is 9.84 Å². The molecule has 0 saturated carbocycles. The standard InChI is InChI=1S/C4H9NO3S/c5-3-1-9(7,8)2-4(3)6/h3-4,6H,1-2,5H2/p+1/t3-,4-/m1/s1. The maximum atomic E-state index is 10.7. The molecule has 4 nitrogen and oxygen atoms in total. The smallest absolute Gasteiger partial charge is 0.159 e. The van der Waals surface area contributed by atoms with Crippen molar-refractivity contribution in [2.45, 2.75) is 12.1 Å². The van der Waals surface area contributed by atoms with Gasteiger partial charge in [-0.25, -0.2) is 8.42 Å². The van der Waals surface area contributed by atoms with Crippen LogP contribution in [0.25, 0.3) is 0 Å². The molecule has 0 aromatic carbocycles. The molecule has 0 amide bonds. The van der Waals surface area contributed by atoms with Crippen molar-refractivity contribution in [2.24, 2.45) is 0 Å². The van der Waals surface area contributed by atoms with Gasteiger partial charge < -0.3 is 10.8 Å². The van der Waals surface area contributed by atoms with Crippen molar-refractivity contribution in [1.82, 2.24) is 0 Å². The van der Waals surface area contributed by atoms with Gasteiger partial charge in [0.1, 0.15) is 17.9 Å². The second-order valence-electron chi connectivity index (χ2n) is 2.40. The molecule has 1 fully saturated rings. The first-order chi connectivity index (χ1) is 4.01. The Morgan fingerprint density at radius 2 is 2.00 bits per heavy atom. The first kappa shape index (κ1) is 6.98. The summed E-state index contributed by atoms with van der Waals surface area (Å²) in [6, 6.07) is -0.324. The van der Waals surface area contributed by atoms with E-state index in [2.05, 4.69) is 5.73 Å². The summed E-state index contributed by atoms with van der Waals surface area (Å²) in [5.41, 5.74) is 3.48. The first-order valence-corrected chi connectivity index (χ1v) is 4.55. The van der Waals surface area contributed by atoms with E-state index in [-0.39, 0.29) is 17.5 Å². The molecule has 1 heterocycles. The molecule has 0 aromatic heterocycles. The third kappa shape index (κ3) is 1.41. The minimum atomic E-state index is -2.96. The van der Waals surface area contributed by atoms with E-state index in [0.717, 1.165) is 0 Å². The van der Waals surface area contributed by atoms with Crippen molar-refractivity contribution in [1.29, 1.82) is 0 Å². The maximum Gasteiger partial charge on any atom is 0.159 e. The van der Waals surface area contributed by atoms with E-state index in [1.54, 1.807) is 0 Å². The minimum Gasteiger partial charge on any atom is -0.386 e. The van der Waals surface area contributed by atoms with Crippen LogP contribution in [0, 0.1) is 0 Å². The van der Waals surface area contributed by atoms with Crippen molar-refractivity contribution in [3.05, 3.63) is 0 Å². The second-order valence-corrected chi connectivity index (χ2v) is 4.56. The van der Waals surface area contributed by atoms with Gasteiger partial charge in [-0.05, 0) is 0 Å². The molecule has 0 bridgehead atoms. The van der Waals surface area contributed by atoms with Gasteiger partial charge in [-0.2, -0.15) is 0 Å². The Morgan fingerprint density at radius 1 is 1.44 bits per heavy atom. The van der Waals surface area contributed by atoms with Crippen LogP contribution in [0.5, 0.6) is 0 Å². The fourth-order valence-corrected chi connectivity index (χ4v) is 2.70. The summed E-state index contributed by atoms with van der Waals surface area (Å²) in [6.45, 7) is 0. The molecule has 1 rings (SSSR count). The Balaban J connectivity index is 2.77. The molecule has 0 aliphatic carbocycles. The Bertz CT molecular complexity index is 182. The lowest BCUT2D eigenvalue weighted by atomic mass is 10.2. The van der Waals surface area contributed by atoms with Crippen molar-refractivity contribution >= 4 is 9.84 Å². The average molecular weight is 152 g/mol. The lowest BCUT2D eigenvalue weighted by Crippen LogP contribution is -2.66. The van der Waals surface area contributed by atoms with Gasteiger partial charge in [-0.15, -0.1) is 0 Å². The van der Waals surface area contributed by atoms with Crippen LogP contribution in [0.15, 0.2) is 0 Å². The van der Waals surface area contributed by atoms with Gasteiger partial charge in [-0.3, -0.25) is 0 Å². The Hall–Kier alpha value is -0.130. The minimum absolute atomic E-state index is 0.0359. The third-order valence-electron chi connectivity index (χ3n) is 1.44. The van der Waals surface area contributed by atoms with E-state index >= 15 is 0 Å². The predicted octanol–water partition coefficient (Wildman–Crippen LogP) is -2.61. The fourth-order valence-electron chi connectivity index (χ4n) is 0.902. The summed E-state index contributed by atoms with van der Waals surface area (Å²) in [6.07, 6.45) is -0.741. The molecule has 54 valence electrons. The largest absolute Gasteiger partial charge is 0.386 e. The van der Waals surface area contributed by atoms with Crippen LogP contribution in [0.3, 0.4) is 0 Å². The lowest BCUT2D eigenvalue weighted by molar-refractivity contribution is -0.425. The highest BCUT2D eigenvalue weighted by atomic mass is 32.2. The molecule has 9 heavy (non-hydrogen) atoms. The predicted molar refractivity (Wildman–Crippen MR) is 31.3 cm³/mol. The van der Waals surface area contributed by atoms with Crippen LogP contribution < -0.4 is 5.73 Å². The normalized spacial score (nSPS) is 41.1. The highest BCUT2D eigenvalue weighted by Gasteiger charge is 2.36. The van der Waals surface area contributed by atoms with Crippen LogP contribution in [0.2, 0.25) is 0 Å². The van der Waals surface area contributed by atoms with Crippen LogP contribution in [0.1, 0.15) is 0 Å². The molecule has 0 radical (unpaired) electrons. The van der Waals surface area contributed by atoms with E-state index in [4.69, 9.17) is 5.11 Å². The molecule has 1 aliphatic rings. The van der Waals surface area contributed by atoms with Gasteiger partial charge >= 0.3 is 0 Å². The molecular formula is C4H10NO3S+. The van der Waals surface area contributed by atoms with Gasteiger partial charge in [0, 0.05) is 0 Å². The summed E-state index contributed by atoms with van der Waals surface area (Å²) >= 11 is 0. The van der Waals surface area contributed by atoms with Crippen molar-refractivity contribution in [2.75, 3.05) is 11.5 Å². The molecule has 1 aliphatic heterocycles. The molecule has 0 aromatic rings.